The number of halogens is 1. The first-order chi connectivity index (χ1) is 8.30. The van der Waals surface area contributed by atoms with Crippen LogP contribution in [0.1, 0.15) is 32.8 Å². The molecule has 0 atom stereocenters. The highest BCUT2D eigenvalue weighted by atomic mass is 19.1. The Morgan fingerprint density at radius 2 is 1.89 bits per heavy atom. The van der Waals surface area contributed by atoms with Crippen LogP contribution in [0.4, 0.5) is 4.39 Å². The van der Waals surface area contributed by atoms with Crippen molar-refractivity contribution >= 4 is 5.78 Å². The maximum atomic E-state index is 13.4. The minimum absolute atomic E-state index is 0.188. The molecule has 0 heterocycles. The van der Waals surface area contributed by atoms with Crippen molar-refractivity contribution in [2.75, 3.05) is 13.6 Å². The molecule has 0 fully saturated rings. The Morgan fingerprint density at radius 1 is 1.28 bits per heavy atom. The van der Waals surface area contributed by atoms with Crippen LogP contribution in [0.15, 0.2) is 24.3 Å². The predicted molar refractivity (Wildman–Crippen MR) is 71.8 cm³/mol. The number of benzene rings is 1. The maximum Gasteiger partial charge on any atom is 0.139 e. The van der Waals surface area contributed by atoms with E-state index in [-0.39, 0.29) is 17.0 Å². The van der Waals surface area contributed by atoms with Crippen molar-refractivity contribution in [1.82, 2.24) is 4.90 Å². The zero-order valence-corrected chi connectivity index (χ0v) is 11.7. The standard InChI is InChI=1S/C15H22FNO/c1-15(2,3)14(18)9-10-17(4)11-12-7-5-6-8-13(12)16/h5-8H,9-11H2,1-4H3. The molecule has 1 rings (SSSR count). The van der Waals surface area contributed by atoms with E-state index in [1.54, 1.807) is 12.1 Å². The summed E-state index contributed by atoms with van der Waals surface area (Å²) in [5.41, 5.74) is 0.377. The Labute approximate surface area is 109 Å². The van der Waals surface area contributed by atoms with Gasteiger partial charge in [-0.05, 0) is 13.1 Å². The van der Waals surface area contributed by atoms with Gasteiger partial charge in [0.15, 0.2) is 0 Å². The van der Waals surface area contributed by atoms with Crippen LogP contribution >= 0.6 is 0 Å². The zero-order chi connectivity index (χ0) is 13.8. The van der Waals surface area contributed by atoms with E-state index in [1.165, 1.54) is 6.07 Å². The van der Waals surface area contributed by atoms with Gasteiger partial charge in [0.2, 0.25) is 0 Å². The third kappa shape index (κ3) is 4.57. The molecule has 0 aromatic heterocycles. The van der Waals surface area contributed by atoms with Crippen molar-refractivity contribution in [2.24, 2.45) is 5.41 Å². The second-order valence-electron chi connectivity index (χ2n) is 5.75. The van der Waals surface area contributed by atoms with Gasteiger partial charge in [-0.25, -0.2) is 4.39 Å². The minimum atomic E-state index is -0.293. The lowest BCUT2D eigenvalue weighted by Gasteiger charge is -2.20. The fourth-order valence-corrected chi connectivity index (χ4v) is 1.66. The number of carbonyl (C=O) groups excluding carboxylic acids is 1. The quantitative estimate of drug-likeness (QED) is 0.800. The highest BCUT2D eigenvalue weighted by molar-refractivity contribution is 5.83. The molecule has 100 valence electrons. The highest BCUT2D eigenvalue weighted by Gasteiger charge is 2.20. The summed E-state index contributed by atoms with van der Waals surface area (Å²) in [5.74, 6) is 0.0504. The van der Waals surface area contributed by atoms with E-state index in [1.807, 2.05) is 38.8 Å². The molecule has 0 saturated heterocycles. The minimum Gasteiger partial charge on any atom is -0.302 e. The Hall–Kier alpha value is -1.22. The Balaban J connectivity index is 2.46. The summed E-state index contributed by atoms with van der Waals surface area (Å²) in [5, 5.41) is 0. The lowest BCUT2D eigenvalue weighted by Crippen LogP contribution is -2.27. The molecule has 0 saturated carbocycles. The molecule has 18 heavy (non-hydrogen) atoms. The van der Waals surface area contributed by atoms with E-state index in [0.29, 0.717) is 25.1 Å². The molecule has 1 aromatic rings. The first-order valence-electron chi connectivity index (χ1n) is 6.26. The van der Waals surface area contributed by atoms with Crippen molar-refractivity contribution in [2.45, 2.75) is 33.7 Å². The third-order valence-corrected chi connectivity index (χ3v) is 2.96. The Kier molecular flexibility index (Phi) is 5.03. The molecule has 0 aliphatic heterocycles. The number of rotatable bonds is 5. The fourth-order valence-electron chi connectivity index (χ4n) is 1.66. The van der Waals surface area contributed by atoms with E-state index < -0.39 is 0 Å². The average molecular weight is 251 g/mol. The SMILES string of the molecule is CN(CCC(=O)C(C)(C)C)Cc1ccccc1F. The number of nitrogens with zero attached hydrogens (tertiary/aromatic N) is 1. The molecule has 3 heteroatoms. The Bertz CT molecular complexity index is 409. The summed E-state index contributed by atoms with van der Waals surface area (Å²) in [6.45, 7) is 6.96. The molecule has 0 amide bonds. The van der Waals surface area contributed by atoms with E-state index in [0.717, 1.165) is 0 Å². The molecule has 0 spiro atoms. The maximum absolute atomic E-state index is 13.4. The first-order valence-corrected chi connectivity index (χ1v) is 6.26. The van der Waals surface area contributed by atoms with Crippen molar-refractivity contribution in [3.8, 4) is 0 Å². The van der Waals surface area contributed by atoms with Crippen LogP contribution < -0.4 is 0 Å². The number of Topliss-reactive ketones (excluding diaryl/α,β-unsaturated/α-hetero) is 1. The van der Waals surface area contributed by atoms with Gasteiger partial charge in [0.25, 0.3) is 0 Å². The predicted octanol–water partition coefficient (Wildman–Crippen LogP) is 3.26. The second-order valence-corrected chi connectivity index (χ2v) is 5.75. The van der Waals surface area contributed by atoms with Gasteiger partial charge in [0.05, 0.1) is 0 Å². The zero-order valence-electron chi connectivity index (χ0n) is 11.7. The fraction of sp³-hybridized carbons (Fsp3) is 0.533. The number of carbonyl (C=O) groups is 1. The normalized spacial score (nSPS) is 11.9. The summed E-state index contributed by atoms with van der Waals surface area (Å²) in [7, 11) is 1.91. The highest BCUT2D eigenvalue weighted by Crippen LogP contribution is 2.17. The number of ketones is 1. The van der Waals surface area contributed by atoms with E-state index in [9.17, 15) is 9.18 Å². The smallest absolute Gasteiger partial charge is 0.139 e. The lowest BCUT2D eigenvalue weighted by atomic mass is 9.89. The van der Waals surface area contributed by atoms with Gasteiger partial charge < -0.3 is 4.90 Å². The largest absolute Gasteiger partial charge is 0.302 e. The molecule has 0 radical (unpaired) electrons. The lowest BCUT2D eigenvalue weighted by molar-refractivity contribution is -0.126. The average Bonchev–Trinajstić information content (AvgIpc) is 2.27. The monoisotopic (exact) mass is 251 g/mol. The van der Waals surface area contributed by atoms with Gasteiger partial charge in [-0.1, -0.05) is 39.0 Å². The molecular weight excluding hydrogens is 229 g/mol. The van der Waals surface area contributed by atoms with Crippen molar-refractivity contribution < 1.29 is 9.18 Å². The van der Waals surface area contributed by atoms with Crippen LogP contribution in [0.3, 0.4) is 0 Å². The summed E-state index contributed by atoms with van der Waals surface area (Å²) < 4.78 is 13.4. The van der Waals surface area contributed by atoms with Crippen LogP contribution in [0, 0.1) is 11.2 Å². The van der Waals surface area contributed by atoms with E-state index in [2.05, 4.69) is 0 Å². The van der Waals surface area contributed by atoms with Gasteiger partial charge in [-0.15, -0.1) is 0 Å². The Morgan fingerprint density at radius 3 is 2.44 bits per heavy atom. The molecular formula is C15H22FNO. The van der Waals surface area contributed by atoms with Crippen LogP contribution in [-0.4, -0.2) is 24.3 Å². The molecule has 1 aromatic carbocycles. The third-order valence-electron chi connectivity index (χ3n) is 2.96. The first kappa shape index (κ1) is 14.8. The van der Waals surface area contributed by atoms with Crippen molar-refractivity contribution in [3.05, 3.63) is 35.6 Å². The van der Waals surface area contributed by atoms with Gasteiger partial charge in [0, 0.05) is 30.5 Å². The van der Waals surface area contributed by atoms with Gasteiger partial charge in [0.1, 0.15) is 11.6 Å². The molecule has 0 N–H and O–H groups in total. The van der Waals surface area contributed by atoms with Crippen molar-refractivity contribution in [3.63, 3.8) is 0 Å². The van der Waals surface area contributed by atoms with Gasteiger partial charge >= 0.3 is 0 Å². The number of hydrogen-bond acceptors (Lipinski definition) is 2. The molecule has 0 unspecified atom stereocenters. The van der Waals surface area contributed by atoms with Crippen LogP contribution in [0.2, 0.25) is 0 Å². The van der Waals surface area contributed by atoms with Crippen LogP contribution in [0.5, 0.6) is 0 Å². The van der Waals surface area contributed by atoms with Gasteiger partial charge in [-0.3, -0.25) is 4.79 Å². The van der Waals surface area contributed by atoms with Gasteiger partial charge in [-0.2, -0.15) is 0 Å². The van der Waals surface area contributed by atoms with E-state index in [4.69, 9.17) is 0 Å². The summed E-state index contributed by atoms with van der Waals surface area (Å²) in [6.07, 6.45) is 0.508. The van der Waals surface area contributed by atoms with E-state index >= 15 is 0 Å². The summed E-state index contributed by atoms with van der Waals surface area (Å²) >= 11 is 0. The second kappa shape index (κ2) is 6.10. The molecule has 0 bridgehead atoms. The number of hydrogen-bond donors (Lipinski definition) is 0. The summed E-state index contributed by atoms with van der Waals surface area (Å²) in [4.78, 5) is 13.8. The molecule has 2 nitrogen and oxygen atoms in total. The summed E-state index contributed by atoms with van der Waals surface area (Å²) in [6, 6.07) is 6.75. The molecule has 0 aliphatic rings. The molecule has 0 aliphatic carbocycles. The van der Waals surface area contributed by atoms with Crippen LogP contribution in [-0.2, 0) is 11.3 Å². The topological polar surface area (TPSA) is 20.3 Å². The van der Waals surface area contributed by atoms with Crippen molar-refractivity contribution in [1.29, 1.82) is 0 Å². The van der Waals surface area contributed by atoms with Crippen LogP contribution in [0.25, 0.3) is 0 Å².